The molecule has 0 saturated heterocycles. The third-order valence-corrected chi connectivity index (χ3v) is 9.03. The molecule has 2 aromatic rings. The van der Waals surface area contributed by atoms with Gasteiger partial charge >= 0.3 is 0 Å². The summed E-state index contributed by atoms with van der Waals surface area (Å²) >= 11 is 0. The second-order valence-corrected chi connectivity index (χ2v) is 11.6. The molecule has 0 amide bonds. The molecule has 0 spiro atoms. The number of halogens is 5. The van der Waals surface area contributed by atoms with Crippen LogP contribution in [0.2, 0.25) is 0 Å². The molecule has 2 fully saturated rings. The molecule has 0 aromatic heterocycles. The van der Waals surface area contributed by atoms with E-state index in [1.807, 2.05) is 0 Å². The van der Waals surface area contributed by atoms with Gasteiger partial charge in [-0.2, -0.15) is 0 Å². The molecule has 0 bridgehead atoms. The van der Waals surface area contributed by atoms with Crippen molar-refractivity contribution in [3.63, 3.8) is 0 Å². The summed E-state index contributed by atoms with van der Waals surface area (Å²) in [6.45, 7) is 5.23. The molecule has 2 atom stereocenters. The highest BCUT2D eigenvalue weighted by atomic mass is 19.2. The molecule has 214 valence electrons. The number of rotatable bonds is 11. The molecule has 0 aliphatic heterocycles. The number of hydrogen-bond donors (Lipinski definition) is 0. The molecular formula is C33H41F5O. The molecule has 1 nitrogen and oxygen atoms in total. The minimum absolute atomic E-state index is 0.0117. The highest BCUT2D eigenvalue weighted by Crippen LogP contribution is 2.43. The van der Waals surface area contributed by atoms with E-state index in [1.165, 1.54) is 68.9 Å². The molecule has 39 heavy (non-hydrogen) atoms. The lowest BCUT2D eigenvalue weighted by Crippen LogP contribution is -2.35. The third kappa shape index (κ3) is 7.24. The van der Waals surface area contributed by atoms with Crippen LogP contribution in [0.4, 0.5) is 22.0 Å². The quantitative estimate of drug-likeness (QED) is 0.201. The van der Waals surface area contributed by atoms with E-state index in [4.69, 9.17) is 4.74 Å². The van der Waals surface area contributed by atoms with Crippen LogP contribution in [0.5, 0.6) is 5.75 Å². The van der Waals surface area contributed by atoms with Crippen LogP contribution in [0.15, 0.2) is 43.0 Å². The van der Waals surface area contributed by atoms with Crippen LogP contribution in [-0.2, 0) is 6.42 Å². The zero-order chi connectivity index (χ0) is 27.9. The van der Waals surface area contributed by atoms with Crippen LogP contribution in [-0.4, -0.2) is 19.0 Å². The fraction of sp³-hybridized carbons (Fsp3) is 0.576. The Balaban J connectivity index is 1.27. The van der Waals surface area contributed by atoms with Crippen molar-refractivity contribution < 1.29 is 26.7 Å². The Morgan fingerprint density at radius 1 is 0.872 bits per heavy atom. The number of benzene rings is 2. The predicted molar refractivity (Wildman–Crippen MR) is 147 cm³/mol. The van der Waals surface area contributed by atoms with Gasteiger partial charge in [0.05, 0.1) is 0 Å². The smallest absolute Gasteiger partial charge is 0.167 e. The van der Waals surface area contributed by atoms with Gasteiger partial charge in [-0.05, 0) is 86.3 Å². The Kier molecular flexibility index (Phi) is 10.5. The van der Waals surface area contributed by atoms with Gasteiger partial charge in [0.25, 0.3) is 0 Å². The summed E-state index contributed by atoms with van der Waals surface area (Å²) in [5.41, 5.74) is -0.231. The second-order valence-electron chi connectivity index (χ2n) is 11.6. The molecule has 6 heteroatoms. The molecule has 2 aliphatic rings. The Morgan fingerprint density at radius 2 is 1.51 bits per heavy atom. The zero-order valence-corrected chi connectivity index (χ0v) is 22.9. The average molecular weight is 549 g/mol. The average Bonchev–Trinajstić information content (AvgIpc) is 2.95. The van der Waals surface area contributed by atoms with Gasteiger partial charge in [0, 0.05) is 17.2 Å². The molecule has 2 saturated carbocycles. The van der Waals surface area contributed by atoms with Crippen molar-refractivity contribution in [2.24, 2.45) is 23.7 Å². The summed E-state index contributed by atoms with van der Waals surface area (Å²) in [5.74, 6) is -1.11. The SMILES string of the molecule is C=CCc1ccc(-c2ccc(OCC(F)C(F)C3CCC(C4CCC(CCC)CC4)CC3)cc2F)c(F)c1F. The van der Waals surface area contributed by atoms with Crippen LogP contribution in [0.25, 0.3) is 11.1 Å². The third-order valence-electron chi connectivity index (χ3n) is 9.03. The van der Waals surface area contributed by atoms with E-state index in [1.54, 1.807) is 0 Å². The minimum Gasteiger partial charge on any atom is -0.490 e. The summed E-state index contributed by atoms with van der Waals surface area (Å²) in [4.78, 5) is 0. The minimum atomic E-state index is -1.82. The van der Waals surface area contributed by atoms with E-state index >= 15 is 4.39 Å². The van der Waals surface area contributed by atoms with Crippen LogP contribution in [0.3, 0.4) is 0 Å². The van der Waals surface area contributed by atoms with Crippen molar-refractivity contribution in [3.05, 3.63) is 66.0 Å². The Hall–Kier alpha value is -2.37. The van der Waals surface area contributed by atoms with Gasteiger partial charge in [0.2, 0.25) is 0 Å². The van der Waals surface area contributed by atoms with Gasteiger partial charge in [-0.25, -0.2) is 22.0 Å². The first kappa shape index (κ1) is 29.6. The number of ether oxygens (including phenoxy) is 1. The normalized spacial score (nSPS) is 25.2. The van der Waals surface area contributed by atoms with Gasteiger partial charge in [-0.1, -0.05) is 50.8 Å². The van der Waals surface area contributed by atoms with E-state index in [9.17, 15) is 17.6 Å². The van der Waals surface area contributed by atoms with E-state index in [0.717, 1.165) is 30.7 Å². The lowest BCUT2D eigenvalue weighted by atomic mass is 9.68. The van der Waals surface area contributed by atoms with Crippen molar-refractivity contribution in [1.82, 2.24) is 0 Å². The van der Waals surface area contributed by atoms with Crippen molar-refractivity contribution in [2.75, 3.05) is 6.61 Å². The van der Waals surface area contributed by atoms with Crippen molar-refractivity contribution >= 4 is 0 Å². The van der Waals surface area contributed by atoms with Crippen LogP contribution in [0.1, 0.15) is 76.7 Å². The van der Waals surface area contributed by atoms with Gasteiger partial charge < -0.3 is 4.74 Å². The fourth-order valence-corrected chi connectivity index (χ4v) is 6.77. The van der Waals surface area contributed by atoms with Gasteiger partial charge in [0.1, 0.15) is 24.3 Å². The van der Waals surface area contributed by atoms with Crippen molar-refractivity contribution in [1.29, 1.82) is 0 Å². The molecule has 2 aromatic carbocycles. The first-order chi connectivity index (χ1) is 18.8. The Bertz CT molecular complexity index is 1090. The first-order valence-corrected chi connectivity index (χ1v) is 14.6. The number of hydrogen-bond acceptors (Lipinski definition) is 1. The maximum absolute atomic E-state index is 15.0. The molecule has 0 radical (unpaired) electrons. The Morgan fingerprint density at radius 3 is 2.13 bits per heavy atom. The summed E-state index contributed by atoms with van der Waals surface area (Å²) in [5, 5.41) is 0. The van der Waals surface area contributed by atoms with E-state index in [0.29, 0.717) is 18.8 Å². The molecular weight excluding hydrogens is 507 g/mol. The van der Waals surface area contributed by atoms with Crippen molar-refractivity contribution in [2.45, 2.75) is 89.9 Å². The highest BCUT2D eigenvalue weighted by molar-refractivity contribution is 5.66. The fourth-order valence-electron chi connectivity index (χ4n) is 6.77. The van der Waals surface area contributed by atoms with Crippen LogP contribution >= 0.6 is 0 Å². The highest BCUT2D eigenvalue weighted by Gasteiger charge is 2.36. The zero-order valence-electron chi connectivity index (χ0n) is 22.9. The molecule has 2 unspecified atom stereocenters. The number of alkyl halides is 2. The number of allylic oxidation sites excluding steroid dienone is 1. The maximum atomic E-state index is 15.0. The van der Waals surface area contributed by atoms with E-state index < -0.39 is 36.4 Å². The van der Waals surface area contributed by atoms with Crippen molar-refractivity contribution in [3.8, 4) is 16.9 Å². The van der Waals surface area contributed by atoms with Crippen LogP contribution < -0.4 is 4.74 Å². The largest absolute Gasteiger partial charge is 0.490 e. The standard InChI is InChI=1S/C33H41F5O/c1-3-5-21-7-9-22(10-8-21)23-11-13-25(14-12-23)31(36)30(35)20-39-26-16-18-27(29(34)19-26)28-17-15-24(6-4-2)32(37)33(28)38/h4,15-19,21-23,25,30-31H,2-3,5-14,20H2,1H3. The molecule has 4 rings (SSSR count). The van der Waals surface area contributed by atoms with Gasteiger partial charge in [-0.3, -0.25) is 0 Å². The summed E-state index contributed by atoms with van der Waals surface area (Å²) < 4.78 is 78.8. The second kappa shape index (κ2) is 13.8. The predicted octanol–water partition coefficient (Wildman–Crippen LogP) is 9.97. The maximum Gasteiger partial charge on any atom is 0.167 e. The molecule has 2 aliphatic carbocycles. The van der Waals surface area contributed by atoms with Gasteiger partial charge in [0.15, 0.2) is 17.8 Å². The summed E-state index contributed by atoms with van der Waals surface area (Å²) in [7, 11) is 0. The summed E-state index contributed by atoms with van der Waals surface area (Å²) in [6.07, 6.45) is 9.20. The Labute approximate surface area is 229 Å². The lowest BCUT2D eigenvalue weighted by molar-refractivity contribution is 0.0399. The van der Waals surface area contributed by atoms with Crippen LogP contribution in [0, 0.1) is 41.1 Å². The first-order valence-electron chi connectivity index (χ1n) is 14.6. The van der Waals surface area contributed by atoms with E-state index in [-0.39, 0.29) is 34.8 Å². The summed E-state index contributed by atoms with van der Waals surface area (Å²) in [6, 6.07) is 6.30. The van der Waals surface area contributed by atoms with E-state index in [2.05, 4.69) is 13.5 Å². The van der Waals surface area contributed by atoms with Gasteiger partial charge in [-0.15, -0.1) is 6.58 Å². The molecule has 0 heterocycles. The topological polar surface area (TPSA) is 9.23 Å². The lowest BCUT2D eigenvalue weighted by Gasteiger charge is -2.38. The monoisotopic (exact) mass is 548 g/mol. The molecule has 0 N–H and O–H groups in total.